The van der Waals surface area contributed by atoms with E-state index >= 15 is 0 Å². The standard InChI is InChI=1S/C34H46O3/c1-28(2)34(35)22-21-29(3)13-11-19-33(27-37-26-32-17-9-6-10-18-32)20-12-14-30(4)23-24-36-25-31-15-7-5-8-16-31/h5-10,13,15-18,20,23,34-35H,1,11-12,14,19,21-22,24-27H2,2-4H3/b29-13+,30-23+,33-20-. The van der Waals surface area contributed by atoms with Gasteiger partial charge < -0.3 is 14.6 Å². The highest BCUT2D eigenvalue weighted by Crippen LogP contribution is 2.16. The van der Waals surface area contributed by atoms with Gasteiger partial charge in [0.2, 0.25) is 0 Å². The predicted octanol–water partition coefficient (Wildman–Crippen LogP) is 8.52. The van der Waals surface area contributed by atoms with Crippen LogP contribution in [0.4, 0.5) is 0 Å². The van der Waals surface area contributed by atoms with Gasteiger partial charge in [-0.1, -0.05) is 102 Å². The van der Waals surface area contributed by atoms with E-state index in [1.807, 2.05) is 43.3 Å². The summed E-state index contributed by atoms with van der Waals surface area (Å²) in [6, 6.07) is 20.6. The minimum atomic E-state index is -0.412. The Labute approximate surface area is 225 Å². The van der Waals surface area contributed by atoms with E-state index in [-0.39, 0.29) is 0 Å². The summed E-state index contributed by atoms with van der Waals surface area (Å²) in [7, 11) is 0. The van der Waals surface area contributed by atoms with Gasteiger partial charge in [-0.05, 0) is 76.0 Å². The maximum absolute atomic E-state index is 9.98. The molecule has 0 aliphatic rings. The lowest BCUT2D eigenvalue weighted by Gasteiger charge is -2.11. The van der Waals surface area contributed by atoms with E-state index in [9.17, 15) is 5.11 Å². The van der Waals surface area contributed by atoms with Crippen LogP contribution in [0.2, 0.25) is 0 Å². The molecule has 3 heteroatoms. The zero-order chi connectivity index (χ0) is 26.7. The Bertz CT molecular complexity index is 986. The summed E-state index contributed by atoms with van der Waals surface area (Å²) in [6.45, 7) is 12.6. The molecule has 0 bridgehead atoms. The molecule has 1 N–H and O–H groups in total. The van der Waals surface area contributed by atoms with Crippen LogP contribution < -0.4 is 0 Å². The van der Waals surface area contributed by atoms with Crippen molar-refractivity contribution in [3.05, 3.63) is 119 Å². The molecular formula is C34H46O3. The molecule has 0 fully saturated rings. The summed E-state index contributed by atoms with van der Waals surface area (Å²) in [5.74, 6) is 0. The lowest BCUT2D eigenvalue weighted by atomic mass is 10.0. The molecular weight excluding hydrogens is 456 g/mol. The van der Waals surface area contributed by atoms with Crippen LogP contribution in [0.5, 0.6) is 0 Å². The van der Waals surface area contributed by atoms with Crippen molar-refractivity contribution < 1.29 is 14.6 Å². The van der Waals surface area contributed by atoms with E-state index in [4.69, 9.17) is 9.47 Å². The summed E-state index contributed by atoms with van der Waals surface area (Å²) >= 11 is 0. The third-order valence-electron chi connectivity index (χ3n) is 6.37. The molecule has 0 spiro atoms. The van der Waals surface area contributed by atoms with E-state index in [0.29, 0.717) is 26.4 Å². The highest BCUT2D eigenvalue weighted by Gasteiger charge is 2.05. The maximum Gasteiger partial charge on any atom is 0.0747 e. The largest absolute Gasteiger partial charge is 0.389 e. The van der Waals surface area contributed by atoms with E-state index in [0.717, 1.165) is 44.1 Å². The van der Waals surface area contributed by atoms with Crippen molar-refractivity contribution in [1.82, 2.24) is 0 Å². The van der Waals surface area contributed by atoms with Crippen molar-refractivity contribution >= 4 is 0 Å². The Morgan fingerprint density at radius 2 is 1.32 bits per heavy atom. The number of benzene rings is 2. The average molecular weight is 503 g/mol. The van der Waals surface area contributed by atoms with Gasteiger partial charge in [-0.2, -0.15) is 0 Å². The Hall–Kier alpha value is -2.72. The fourth-order valence-corrected chi connectivity index (χ4v) is 3.88. The van der Waals surface area contributed by atoms with Crippen LogP contribution in [0.1, 0.15) is 70.4 Å². The van der Waals surface area contributed by atoms with Crippen molar-refractivity contribution in [2.75, 3.05) is 13.2 Å². The van der Waals surface area contributed by atoms with Crippen LogP contribution >= 0.6 is 0 Å². The molecule has 0 aliphatic heterocycles. The van der Waals surface area contributed by atoms with Crippen molar-refractivity contribution in [3.8, 4) is 0 Å². The predicted molar refractivity (Wildman–Crippen MR) is 156 cm³/mol. The van der Waals surface area contributed by atoms with Gasteiger partial charge in [-0.3, -0.25) is 0 Å². The van der Waals surface area contributed by atoms with Crippen LogP contribution in [0.3, 0.4) is 0 Å². The maximum atomic E-state index is 9.98. The molecule has 2 rings (SSSR count). The van der Waals surface area contributed by atoms with Crippen LogP contribution in [-0.4, -0.2) is 24.4 Å². The second kappa shape index (κ2) is 18.5. The monoisotopic (exact) mass is 502 g/mol. The van der Waals surface area contributed by atoms with Gasteiger partial charge in [0.05, 0.1) is 32.5 Å². The molecule has 37 heavy (non-hydrogen) atoms. The Morgan fingerprint density at radius 3 is 1.95 bits per heavy atom. The molecule has 1 atom stereocenters. The van der Waals surface area contributed by atoms with E-state index in [1.165, 1.54) is 27.8 Å². The fourth-order valence-electron chi connectivity index (χ4n) is 3.88. The van der Waals surface area contributed by atoms with Gasteiger partial charge in [0.15, 0.2) is 0 Å². The van der Waals surface area contributed by atoms with Gasteiger partial charge >= 0.3 is 0 Å². The first-order valence-electron chi connectivity index (χ1n) is 13.5. The third kappa shape index (κ3) is 14.6. The Kier molecular flexibility index (Phi) is 15.3. The van der Waals surface area contributed by atoms with Gasteiger partial charge in [0, 0.05) is 0 Å². The number of aliphatic hydroxyl groups is 1. The highest BCUT2D eigenvalue weighted by atomic mass is 16.5. The van der Waals surface area contributed by atoms with Crippen LogP contribution in [-0.2, 0) is 22.7 Å². The lowest BCUT2D eigenvalue weighted by Crippen LogP contribution is -2.06. The van der Waals surface area contributed by atoms with Crippen molar-refractivity contribution in [2.24, 2.45) is 0 Å². The SMILES string of the molecule is C=C(C)C(O)CC/C(C)=C/CC/C(=C/CC/C(C)=C/COCc1ccccc1)COCc1ccccc1. The Balaban J connectivity index is 1.81. The second-order valence-corrected chi connectivity index (χ2v) is 9.92. The molecule has 200 valence electrons. The fraction of sp³-hybridized carbons (Fsp3) is 0.412. The zero-order valence-electron chi connectivity index (χ0n) is 23.1. The normalized spacial score (nSPS) is 13.6. The smallest absolute Gasteiger partial charge is 0.0747 e. The molecule has 2 aromatic carbocycles. The second-order valence-electron chi connectivity index (χ2n) is 9.92. The first kappa shape index (κ1) is 30.5. The minimum absolute atomic E-state index is 0.412. The Morgan fingerprint density at radius 1 is 0.757 bits per heavy atom. The zero-order valence-corrected chi connectivity index (χ0v) is 23.1. The number of hydrogen-bond donors (Lipinski definition) is 1. The van der Waals surface area contributed by atoms with Crippen molar-refractivity contribution in [3.63, 3.8) is 0 Å². The average Bonchev–Trinajstić information content (AvgIpc) is 2.90. The van der Waals surface area contributed by atoms with E-state index in [2.05, 4.69) is 62.9 Å². The topological polar surface area (TPSA) is 38.7 Å². The summed E-state index contributed by atoms with van der Waals surface area (Å²) in [6.07, 6.45) is 12.0. The molecule has 0 amide bonds. The summed E-state index contributed by atoms with van der Waals surface area (Å²) in [4.78, 5) is 0. The molecule has 0 heterocycles. The molecule has 0 radical (unpaired) electrons. The molecule has 1 unspecified atom stereocenters. The lowest BCUT2D eigenvalue weighted by molar-refractivity contribution is 0.140. The molecule has 0 saturated heterocycles. The third-order valence-corrected chi connectivity index (χ3v) is 6.37. The summed E-state index contributed by atoms with van der Waals surface area (Å²) < 4.78 is 11.9. The van der Waals surface area contributed by atoms with E-state index < -0.39 is 6.10 Å². The van der Waals surface area contributed by atoms with Crippen molar-refractivity contribution in [1.29, 1.82) is 0 Å². The van der Waals surface area contributed by atoms with Crippen molar-refractivity contribution in [2.45, 2.75) is 78.6 Å². The van der Waals surface area contributed by atoms with Crippen LogP contribution in [0.15, 0.2) is 108 Å². The molecule has 0 saturated carbocycles. The number of allylic oxidation sites excluding steroid dienone is 4. The summed E-state index contributed by atoms with van der Waals surface area (Å²) in [5, 5.41) is 9.98. The minimum Gasteiger partial charge on any atom is -0.389 e. The van der Waals surface area contributed by atoms with Gasteiger partial charge in [-0.25, -0.2) is 0 Å². The quantitative estimate of drug-likeness (QED) is 0.164. The summed E-state index contributed by atoms with van der Waals surface area (Å²) in [5.41, 5.74) is 7.24. The van der Waals surface area contributed by atoms with Gasteiger partial charge in [0.1, 0.15) is 0 Å². The first-order valence-corrected chi connectivity index (χ1v) is 13.5. The van der Waals surface area contributed by atoms with E-state index in [1.54, 1.807) is 0 Å². The number of aliphatic hydroxyl groups excluding tert-OH is 1. The highest BCUT2D eigenvalue weighted by molar-refractivity contribution is 5.15. The van der Waals surface area contributed by atoms with Crippen LogP contribution in [0, 0.1) is 0 Å². The molecule has 0 aliphatic carbocycles. The number of hydrogen-bond acceptors (Lipinski definition) is 3. The molecule has 2 aromatic rings. The molecule has 0 aromatic heterocycles. The van der Waals surface area contributed by atoms with Gasteiger partial charge in [-0.15, -0.1) is 0 Å². The van der Waals surface area contributed by atoms with Crippen LogP contribution in [0.25, 0.3) is 0 Å². The number of rotatable bonds is 18. The van der Waals surface area contributed by atoms with Gasteiger partial charge in [0.25, 0.3) is 0 Å². The number of ether oxygens (including phenoxy) is 2. The molecule has 3 nitrogen and oxygen atoms in total. The first-order chi connectivity index (χ1) is 17.9.